The van der Waals surface area contributed by atoms with Crippen LogP contribution in [0.2, 0.25) is 5.02 Å². The molecule has 1 aliphatic rings. The largest absolute Gasteiger partial charge is 0.497 e. The minimum atomic E-state index is -3.72. The van der Waals surface area contributed by atoms with Crippen LogP contribution < -0.4 is 10.1 Å². The molecular formula is C26H31ClN4O5S2. The Hall–Kier alpha value is -2.54. The smallest absolute Gasteiger partial charge is 0.254 e. The fraction of sp³-hybridized carbons (Fsp3) is 0.385. The monoisotopic (exact) mass is 578 g/mol. The van der Waals surface area contributed by atoms with Crippen LogP contribution in [0.3, 0.4) is 0 Å². The number of nitrogens with one attached hydrogen (secondary N) is 1. The molecule has 2 heterocycles. The first-order chi connectivity index (χ1) is 18.2. The predicted octanol–water partition coefficient (Wildman–Crippen LogP) is 4.34. The van der Waals surface area contributed by atoms with Crippen LogP contribution >= 0.6 is 22.9 Å². The molecule has 0 radical (unpaired) electrons. The number of carbonyl (C=O) groups is 1. The number of amides is 1. The Kier molecular flexibility index (Phi) is 9.40. The molecule has 0 spiro atoms. The second kappa shape index (κ2) is 12.5. The molecule has 4 rings (SSSR count). The Balaban J connectivity index is 1.42. The lowest BCUT2D eigenvalue weighted by Crippen LogP contribution is -2.49. The van der Waals surface area contributed by atoms with E-state index in [0.717, 1.165) is 28.2 Å². The van der Waals surface area contributed by atoms with E-state index in [0.29, 0.717) is 50.0 Å². The number of aryl methyl sites for hydroxylation is 1. The number of sulfonamides is 1. The molecule has 12 heteroatoms. The van der Waals surface area contributed by atoms with E-state index in [9.17, 15) is 13.2 Å². The molecule has 1 amide bonds. The third-order valence-corrected chi connectivity index (χ3v) is 10.0. The summed E-state index contributed by atoms with van der Waals surface area (Å²) < 4.78 is 40.0. The number of rotatable bonds is 10. The molecule has 9 nitrogen and oxygen atoms in total. The van der Waals surface area contributed by atoms with Gasteiger partial charge in [0.05, 0.1) is 25.5 Å². The molecule has 0 aliphatic carbocycles. The predicted molar refractivity (Wildman–Crippen MR) is 148 cm³/mol. The summed E-state index contributed by atoms with van der Waals surface area (Å²) in [7, 11) is -2.08. The summed E-state index contributed by atoms with van der Waals surface area (Å²) in [5.41, 5.74) is 2.38. The first kappa shape index (κ1) is 28.5. The molecule has 1 aromatic heterocycles. The number of halogens is 1. The highest BCUT2D eigenvalue weighted by Gasteiger charge is 2.33. The molecule has 1 fully saturated rings. The van der Waals surface area contributed by atoms with Crippen molar-refractivity contribution < 1.29 is 22.7 Å². The Morgan fingerprint density at radius 2 is 1.87 bits per heavy atom. The van der Waals surface area contributed by atoms with Gasteiger partial charge in [-0.2, -0.15) is 4.31 Å². The maximum absolute atomic E-state index is 13.3. The summed E-state index contributed by atoms with van der Waals surface area (Å²) >= 11 is 7.09. The highest BCUT2D eigenvalue weighted by atomic mass is 35.5. The number of benzene rings is 2. The van der Waals surface area contributed by atoms with Gasteiger partial charge in [-0.15, -0.1) is 0 Å². The first-order valence-corrected chi connectivity index (χ1v) is 14.8. The molecule has 1 saturated heterocycles. The number of carbonyl (C=O) groups excluding carboxylic acids is 1. The minimum absolute atomic E-state index is 0.162. The number of hydrogen-bond donors (Lipinski definition) is 1. The van der Waals surface area contributed by atoms with E-state index in [1.807, 2.05) is 48.5 Å². The van der Waals surface area contributed by atoms with Gasteiger partial charge in [-0.05, 0) is 42.3 Å². The van der Waals surface area contributed by atoms with Crippen LogP contribution in [0.1, 0.15) is 29.8 Å². The van der Waals surface area contributed by atoms with Gasteiger partial charge in [0.1, 0.15) is 5.75 Å². The van der Waals surface area contributed by atoms with E-state index in [4.69, 9.17) is 21.1 Å². The summed E-state index contributed by atoms with van der Waals surface area (Å²) in [5, 5.41) is 3.50. The standard InChI is InChI=1S/C26H31ClN4O5S2/c1-18-25(37-26(28-18)29-19(2)32)38(33,34)31-13-11-30(12-14-31)16-24(21-7-9-22(27)10-8-21)36-17-20-5-4-6-23(15-20)35-3/h4-10,15,24H,11-14,16-17H2,1-3H3,(H,28,29,32). The normalized spacial score (nSPS) is 15.8. The maximum atomic E-state index is 13.3. The number of anilines is 1. The molecular weight excluding hydrogens is 548 g/mol. The lowest BCUT2D eigenvalue weighted by Gasteiger charge is -2.35. The number of nitrogens with zero attached hydrogens (tertiary/aromatic N) is 3. The number of thiazole rings is 1. The van der Waals surface area contributed by atoms with Gasteiger partial charge < -0.3 is 14.8 Å². The van der Waals surface area contributed by atoms with Crippen molar-refractivity contribution in [3.05, 3.63) is 70.4 Å². The minimum Gasteiger partial charge on any atom is -0.497 e. The van der Waals surface area contributed by atoms with Crippen molar-refractivity contribution in [2.24, 2.45) is 0 Å². The van der Waals surface area contributed by atoms with Gasteiger partial charge in [-0.1, -0.05) is 47.2 Å². The van der Waals surface area contributed by atoms with Gasteiger partial charge >= 0.3 is 0 Å². The van der Waals surface area contributed by atoms with Crippen LogP contribution in [0.5, 0.6) is 5.75 Å². The lowest BCUT2D eigenvalue weighted by molar-refractivity contribution is -0.114. The molecule has 38 heavy (non-hydrogen) atoms. The van der Waals surface area contributed by atoms with Crippen LogP contribution in [-0.4, -0.2) is 68.3 Å². The molecule has 1 aliphatic heterocycles. The van der Waals surface area contributed by atoms with Crippen LogP contribution in [0.4, 0.5) is 5.13 Å². The molecule has 3 aromatic rings. The van der Waals surface area contributed by atoms with Crippen LogP contribution in [0.25, 0.3) is 0 Å². The number of ether oxygens (including phenoxy) is 2. The van der Waals surface area contributed by atoms with Gasteiger partial charge in [0.2, 0.25) is 5.91 Å². The third-order valence-electron chi connectivity index (χ3n) is 6.19. The van der Waals surface area contributed by atoms with E-state index >= 15 is 0 Å². The molecule has 1 atom stereocenters. The van der Waals surface area contributed by atoms with Crippen molar-refractivity contribution in [1.82, 2.24) is 14.2 Å². The highest BCUT2D eigenvalue weighted by Crippen LogP contribution is 2.31. The van der Waals surface area contributed by atoms with E-state index < -0.39 is 10.0 Å². The summed E-state index contributed by atoms with van der Waals surface area (Å²) in [4.78, 5) is 17.8. The number of piperazine rings is 1. The van der Waals surface area contributed by atoms with Crippen molar-refractivity contribution in [2.45, 2.75) is 30.8 Å². The summed E-state index contributed by atoms with van der Waals surface area (Å²) in [6.07, 6.45) is -0.231. The number of methoxy groups -OCH3 is 1. The molecule has 2 aromatic carbocycles. The van der Waals surface area contributed by atoms with Crippen molar-refractivity contribution in [2.75, 3.05) is 45.2 Å². The topological polar surface area (TPSA) is 101 Å². The van der Waals surface area contributed by atoms with Gasteiger partial charge in [-0.25, -0.2) is 13.4 Å². The van der Waals surface area contributed by atoms with Crippen molar-refractivity contribution in [3.63, 3.8) is 0 Å². The SMILES string of the molecule is COc1cccc(COC(CN2CCN(S(=O)(=O)c3sc(NC(C)=O)nc3C)CC2)c2ccc(Cl)cc2)c1. The van der Waals surface area contributed by atoms with Gasteiger partial charge in [-0.3, -0.25) is 9.69 Å². The molecule has 0 bridgehead atoms. The lowest BCUT2D eigenvalue weighted by atomic mass is 10.1. The molecule has 0 saturated carbocycles. The zero-order valence-electron chi connectivity index (χ0n) is 21.5. The fourth-order valence-electron chi connectivity index (χ4n) is 4.22. The van der Waals surface area contributed by atoms with E-state index in [1.165, 1.54) is 11.2 Å². The average molecular weight is 579 g/mol. The maximum Gasteiger partial charge on any atom is 0.254 e. The summed E-state index contributed by atoms with van der Waals surface area (Å²) in [6.45, 7) is 5.82. The summed E-state index contributed by atoms with van der Waals surface area (Å²) in [6, 6.07) is 15.4. The zero-order valence-corrected chi connectivity index (χ0v) is 23.9. The van der Waals surface area contributed by atoms with Crippen LogP contribution in [0, 0.1) is 6.92 Å². The molecule has 1 N–H and O–H groups in total. The van der Waals surface area contributed by atoms with Gasteiger partial charge in [0.25, 0.3) is 10.0 Å². The zero-order chi connectivity index (χ0) is 27.3. The van der Waals surface area contributed by atoms with Crippen molar-refractivity contribution >= 4 is 44.0 Å². The van der Waals surface area contributed by atoms with Crippen molar-refractivity contribution in [1.29, 1.82) is 0 Å². The highest BCUT2D eigenvalue weighted by molar-refractivity contribution is 7.91. The van der Waals surface area contributed by atoms with E-state index in [2.05, 4.69) is 15.2 Å². The second-order valence-electron chi connectivity index (χ2n) is 8.98. The van der Waals surface area contributed by atoms with Crippen molar-refractivity contribution in [3.8, 4) is 5.75 Å². The summed E-state index contributed by atoms with van der Waals surface area (Å²) in [5.74, 6) is 0.479. The third kappa shape index (κ3) is 7.10. The number of hydrogen-bond acceptors (Lipinski definition) is 8. The Morgan fingerprint density at radius 3 is 2.53 bits per heavy atom. The fourth-order valence-corrected chi connectivity index (χ4v) is 7.36. The molecule has 1 unspecified atom stereocenters. The van der Waals surface area contributed by atoms with E-state index in [1.54, 1.807) is 14.0 Å². The van der Waals surface area contributed by atoms with Crippen LogP contribution in [0.15, 0.2) is 52.7 Å². The average Bonchev–Trinajstić information content (AvgIpc) is 3.27. The van der Waals surface area contributed by atoms with Gasteiger partial charge in [0.15, 0.2) is 9.34 Å². The second-order valence-corrected chi connectivity index (χ2v) is 12.5. The first-order valence-electron chi connectivity index (χ1n) is 12.1. The Morgan fingerprint density at radius 1 is 1.16 bits per heavy atom. The quantitative estimate of drug-likeness (QED) is 0.382. The Bertz CT molecular complexity index is 1360. The number of aromatic nitrogens is 1. The van der Waals surface area contributed by atoms with Gasteiger partial charge in [0, 0.05) is 44.7 Å². The van der Waals surface area contributed by atoms with Crippen LogP contribution in [-0.2, 0) is 26.2 Å². The van der Waals surface area contributed by atoms with E-state index in [-0.39, 0.29) is 21.4 Å². The Labute approximate surface area is 232 Å². The molecule has 204 valence electrons.